The number of nitrogens with zero attached hydrogens (tertiary/aromatic N) is 2. The van der Waals surface area contributed by atoms with Gasteiger partial charge in [0.05, 0.1) is 19.8 Å². The number of carbonyl (C=O) groups is 6. The normalized spacial score (nSPS) is 13.6. The average Bonchev–Trinajstić information content (AvgIpc) is 3.07. The number of guanidine groups is 2. The quantitative estimate of drug-likeness (QED) is 0.0286. The van der Waals surface area contributed by atoms with Gasteiger partial charge in [0.1, 0.15) is 30.2 Å². The number of rotatable bonds is 23. The zero-order valence-electron chi connectivity index (χ0n) is 27.4. The summed E-state index contributed by atoms with van der Waals surface area (Å²) in [7, 11) is 0. The number of nitrogens with one attached hydrogen (secondary N) is 5. The van der Waals surface area contributed by atoms with Crippen molar-refractivity contribution in [3.63, 3.8) is 0 Å². The lowest BCUT2D eigenvalue weighted by Gasteiger charge is -2.25. The van der Waals surface area contributed by atoms with Gasteiger partial charge in [-0.25, -0.2) is 4.79 Å². The summed E-state index contributed by atoms with van der Waals surface area (Å²) in [5.41, 5.74) is 27.3. The van der Waals surface area contributed by atoms with Crippen LogP contribution in [-0.4, -0.2) is 126 Å². The molecule has 0 bridgehead atoms. The number of carbonyl (C=O) groups excluding carboxylic acids is 5. The van der Waals surface area contributed by atoms with Crippen LogP contribution in [0.15, 0.2) is 40.3 Å². The zero-order chi connectivity index (χ0) is 37.6. The zero-order valence-corrected chi connectivity index (χ0v) is 27.4. The minimum atomic E-state index is -1.59. The van der Waals surface area contributed by atoms with Crippen LogP contribution in [0.1, 0.15) is 31.2 Å². The predicted octanol–water partition coefficient (Wildman–Crippen LogP) is -6.21. The molecule has 0 unspecified atom stereocenters. The molecule has 5 amide bonds. The fourth-order valence-corrected chi connectivity index (χ4v) is 4.23. The molecule has 0 aliphatic carbocycles. The highest BCUT2D eigenvalue weighted by molar-refractivity contribution is 5.96. The maximum Gasteiger partial charge on any atom is 0.326 e. The molecule has 0 aliphatic rings. The molecule has 1 aromatic carbocycles. The topological polar surface area (TPSA) is 378 Å². The molecule has 1 aromatic rings. The molecule has 5 atom stereocenters. The van der Waals surface area contributed by atoms with Crippen molar-refractivity contribution in [1.29, 1.82) is 0 Å². The van der Waals surface area contributed by atoms with Crippen LogP contribution in [0.5, 0.6) is 0 Å². The summed E-state index contributed by atoms with van der Waals surface area (Å²) < 4.78 is 0. The van der Waals surface area contributed by atoms with Gasteiger partial charge in [0.2, 0.25) is 29.5 Å². The molecule has 21 heteroatoms. The Kier molecular flexibility index (Phi) is 19.5. The molecule has 0 saturated carbocycles. The molecule has 18 N–H and O–H groups in total. The van der Waals surface area contributed by atoms with E-state index in [4.69, 9.17) is 28.7 Å². The number of hydrogen-bond donors (Lipinski definition) is 13. The largest absolute Gasteiger partial charge is 0.480 e. The van der Waals surface area contributed by atoms with Crippen molar-refractivity contribution in [2.75, 3.05) is 32.8 Å². The molecule has 50 heavy (non-hydrogen) atoms. The minimum Gasteiger partial charge on any atom is -0.480 e. The standard InChI is InChI=1S/C29H48N12O9/c30-17(14-42)23(45)39-18(8-4-10-35-28(31)32)25(47)40-20(12-16-6-2-1-3-7-16)26(48)41-21(15-43)24(46)37-13-22(44)38-19(27(49)50)9-5-11-36-29(33)34/h1-3,6-7,17-21,42-43H,4-5,8-15,30H2,(H,37,46)(H,38,44)(H,39,45)(H,40,47)(H,41,48)(H,49,50)(H4,31,32,35)(H4,33,34,36)/t17-,18-,19-,20-,21-/m0/s1. The van der Waals surface area contributed by atoms with Crippen LogP contribution >= 0.6 is 0 Å². The third-order valence-electron chi connectivity index (χ3n) is 6.84. The van der Waals surface area contributed by atoms with Crippen LogP contribution in [0, 0.1) is 0 Å². The number of aliphatic carboxylic acids is 1. The summed E-state index contributed by atoms with van der Waals surface area (Å²) in [4.78, 5) is 83.6. The van der Waals surface area contributed by atoms with Gasteiger partial charge in [0.15, 0.2) is 11.9 Å². The van der Waals surface area contributed by atoms with Gasteiger partial charge in [-0.1, -0.05) is 30.3 Å². The first-order chi connectivity index (χ1) is 23.7. The molecule has 0 aliphatic heterocycles. The Balaban J connectivity index is 3.02. The SMILES string of the molecule is NC(N)=NCCC[C@H](NC(=O)CNC(=O)[C@H](CO)NC(=O)[C@H](Cc1ccccc1)NC(=O)[C@H](CCCN=C(N)N)NC(=O)[C@@H](N)CO)C(=O)O. The molecule has 21 nitrogen and oxygen atoms in total. The van der Waals surface area contributed by atoms with Crippen molar-refractivity contribution in [2.45, 2.75) is 62.3 Å². The van der Waals surface area contributed by atoms with Crippen LogP contribution in [0.3, 0.4) is 0 Å². The van der Waals surface area contributed by atoms with E-state index in [2.05, 4.69) is 36.6 Å². The summed E-state index contributed by atoms with van der Waals surface area (Å²) in [5.74, 6) is -6.06. The fourth-order valence-electron chi connectivity index (χ4n) is 4.23. The van der Waals surface area contributed by atoms with Crippen LogP contribution in [0.4, 0.5) is 0 Å². The molecule has 0 saturated heterocycles. The van der Waals surface area contributed by atoms with Gasteiger partial charge in [0, 0.05) is 19.5 Å². The molecule has 0 radical (unpaired) electrons. The number of nitrogens with two attached hydrogens (primary N) is 5. The van der Waals surface area contributed by atoms with Crippen molar-refractivity contribution in [3.05, 3.63) is 35.9 Å². The van der Waals surface area contributed by atoms with Crippen LogP contribution in [0.25, 0.3) is 0 Å². The van der Waals surface area contributed by atoms with E-state index in [1.165, 1.54) is 0 Å². The number of hydrogen-bond acceptors (Lipinski definition) is 11. The van der Waals surface area contributed by atoms with Gasteiger partial charge in [-0.3, -0.25) is 34.0 Å². The summed E-state index contributed by atoms with van der Waals surface area (Å²) in [5, 5.41) is 40.3. The minimum absolute atomic E-state index is 0.00885. The molecular formula is C29H48N12O9. The number of aliphatic hydroxyl groups excluding tert-OH is 2. The highest BCUT2D eigenvalue weighted by Gasteiger charge is 2.30. The van der Waals surface area contributed by atoms with Crippen molar-refractivity contribution < 1.29 is 44.1 Å². The van der Waals surface area contributed by atoms with Crippen LogP contribution < -0.4 is 55.3 Å². The number of aliphatic hydroxyl groups is 2. The van der Waals surface area contributed by atoms with Gasteiger partial charge >= 0.3 is 5.97 Å². The Hall–Kier alpha value is -5.54. The first-order valence-electron chi connectivity index (χ1n) is 15.5. The Morgan fingerprint density at radius 1 is 0.660 bits per heavy atom. The second kappa shape index (κ2) is 22.9. The second-order valence-electron chi connectivity index (χ2n) is 10.9. The summed E-state index contributed by atoms with van der Waals surface area (Å²) in [6.07, 6.45) is 0.387. The average molecular weight is 709 g/mol. The Bertz CT molecular complexity index is 1340. The van der Waals surface area contributed by atoms with Crippen molar-refractivity contribution in [2.24, 2.45) is 38.7 Å². The lowest BCUT2D eigenvalue weighted by atomic mass is 10.0. The summed E-state index contributed by atoms with van der Waals surface area (Å²) in [6, 6.07) is 1.70. The van der Waals surface area contributed by atoms with Crippen molar-refractivity contribution >= 4 is 47.4 Å². The third kappa shape index (κ3) is 17.0. The van der Waals surface area contributed by atoms with E-state index < -0.39 is 85.5 Å². The fraction of sp³-hybridized carbons (Fsp3) is 0.517. The Morgan fingerprint density at radius 2 is 1.18 bits per heavy atom. The van der Waals surface area contributed by atoms with E-state index >= 15 is 0 Å². The first kappa shape index (κ1) is 42.5. The lowest BCUT2D eigenvalue weighted by molar-refractivity contribution is -0.142. The lowest BCUT2D eigenvalue weighted by Crippen LogP contribution is -2.59. The smallest absolute Gasteiger partial charge is 0.326 e. The highest BCUT2D eigenvalue weighted by Crippen LogP contribution is 2.07. The molecule has 0 aromatic heterocycles. The van der Waals surface area contributed by atoms with Gasteiger partial charge in [0.25, 0.3) is 0 Å². The summed E-state index contributed by atoms with van der Waals surface area (Å²) >= 11 is 0. The van der Waals surface area contributed by atoms with E-state index in [1.54, 1.807) is 30.3 Å². The number of carboxylic acids is 1. The van der Waals surface area contributed by atoms with E-state index in [0.717, 1.165) is 0 Å². The molecular weight excluding hydrogens is 660 g/mol. The maximum absolute atomic E-state index is 13.4. The van der Waals surface area contributed by atoms with Crippen molar-refractivity contribution in [1.82, 2.24) is 26.6 Å². The first-order valence-corrected chi connectivity index (χ1v) is 15.5. The molecule has 1 rings (SSSR count). The molecule has 0 fully saturated rings. The van der Waals surface area contributed by atoms with E-state index in [0.29, 0.717) is 5.56 Å². The highest BCUT2D eigenvalue weighted by atomic mass is 16.4. The van der Waals surface area contributed by atoms with E-state index in [1.807, 2.05) is 0 Å². The number of amides is 5. The van der Waals surface area contributed by atoms with Gasteiger partial charge in [-0.2, -0.15) is 0 Å². The number of benzene rings is 1. The Morgan fingerprint density at radius 3 is 1.70 bits per heavy atom. The molecule has 278 valence electrons. The van der Waals surface area contributed by atoms with Crippen molar-refractivity contribution in [3.8, 4) is 0 Å². The van der Waals surface area contributed by atoms with E-state index in [-0.39, 0.29) is 57.1 Å². The van der Waals surface area contributed by atoms with Gasteiger partial charge in [-0.05, 0) is 31.2 Å². The third-order valence-corrected chi connectivity index (χ3v) is 6.84. The van der Waals surface area contributed by atoms with Crippen LogP contribution in [0.2, 0.25) is 0 Å². The number of carboxylic acid groups (broad SMARTS) is 1. The summed E-state index contributed by atoms with van der Waals surface area (Å²) in [6.45, 7) is -2.04. The second-order valence-corrected chi connectivity index (χ2v) is 10.9. The Labute approximate surface area is 287 Å². The molecule has 0 heterocycles. The van der Waals surface area contributed by atoms with Gasteiger partial charge in [-0.15, -0.1) is 0 Å². The molecule has 0 spiro atoms. The van der Waals surface area contributed by atoms with E-state index in [9.17, 15) is 44.1 Å². The maximum atomic E-state index is 13.4. The monoisotopic (exact) mass is 708 g/mol. The van der Waals surface area contributed by atoms with Gasteiger partial charge < -0.3 is 70.6 Å². The van der Waals surface area contributed by atoms with Crippen LogP contribution in [-0.2, 0) is 35.2 Å². The number of aliphatic imine (C=N–C) groups is 2. The predicted molar refractivity (Wildman–Crippen MR) is 180 cm³/mol.